The van der Waals surface area contributed by atoms with E-state index in [1.165, 1.54) is 10.7 Å². The van der Waals surface area contributed by atoms with Crippen LogP contribution in [0.4, 0.5) is 4.39 Å². The molecular weight excluding hydrogens is 310 g/mol. The molecule has 0 spiro atoms. The van der Waals surface area contributed by atoms with Crippen molar-refractivity contribution in [1.82, 2.24) is 9.78 Å². The highest BCUT2D eigenvalue weighted by molar-refractivity contribution is 9.10. The van der Waals surface area contributed by atoms with Gasteiger partial charge in [-0.25, -0.2) is 4.39 Å². The second-order valence-electron chi connectivity index (χ2n) is 3.58. The lowest BCUT2D eigenvalue weighted by Gasteiger charge is -2.11. The van der Waals surface area contributed by atoms with Gasteiger partial charge in [-0.15, -0.1) is 0 Å². The normalized spacial score (nSPS) is 12.8. The minimum absolute atomic E-state index is 0.0440. The number of halogens is 3. The van der Waals surface area contributed by atoms with Gasteiger partial charge in [0.15, 0.2) is 0 Å². The summed E-state index contributed by atoms with van der Waals surface area (Å²) < 4.78 is 15.8. The van der Waals surface area contributed by atoms with Crippen molar-refractivity contribution < 1.29 is 9.50 Å². The van der Waals surface area contributed by atoms with E-state index in [9.17, 15) is 9.50 Å². The zero-order chi connectivity index (χ0) is 12.6. The molecule has 0 saturated heterocycles. The summed E-state index contributed by atoms with van der Waals surface area (Å²) in [5, 5.41) is 14.0. The summed E-state index contributed by atoms with van der Waals surface area (Å²) in [5.41, 5.74) is 0.488. The molecule has 1 unspecified atom stereocenters. The molecule has 0 radical (unpaired) electrons. The minimum atomic E-state index is -1.12. The van der Waals surface area contributed by atoms with Gasteiger partial charge in [-0.3, -0.25) is 4.68 Å². The van der Waals surface area contributed by atoms with E-state index in [4.69, 9.17) is 11.6 Å². The van der Waals surface area contributed by atoms with Gasteiger partial charge >= 0.3 is 0 Å². The van der Waals surface area contributed by atoms with Crippen molar-refractivity contribution in [2.45, 2.75) is 6.10 Å². The molecule has 1 N–H and O–H groups in total. The maximum absolute atomic E-state index is 13.8. The van der Waals surface area contributed by atoms with Gasteiger partial charge in [0, 0.05) is 23.3 Å². The van der Waals surface area contributed by atoms with Crippen molar-refractivity contribution in [3.8, 4) is 0 Å². The SMILES string of the molecule is Cn1ccc(C(O)c2ccc(Br)c(Cl)c2F)n1. The number of aryl methyl sites for hydroxylation is 1. The lowest BCUT2D eigenvalue weighted by molar-refractivity contribution is 0.209. The van der Waals surface area contributed by atoms with Crippen molar-refractivity contribution in [3.63, 3.8) is 0 Å². The highest BCUT2D eigenvalue weighted by atomic mass is 79.9. The molecule has 0 bridgehead atoms. The smallest absolute Gasteiger partial charge is 0.149 e. The van der Waals surface area contributed by atoms with Crippen LogP contribution < -0.4 is 0 Å². The maximum Gasteiger partial charge on any atom is 0.149 e. The first-order valence-corrected chi connectivity index (χ1v) is 5.99. The van der Waals surface area contributed by atoms with E-state index in [-0.39, 0.29) is 10.6 Å². The first-order chi connectivity index (χ1) is 8.00. The van der Waals surface area contributed by atoms with Gasteiger partial charge in [0.2, 0.25) is 0 Å². The fourth-order valence-corrected chi connectivity index (χ4v) is 1.97. The van der Waals surface area contributed by atoms with Gasteiger partial charge in [-0.1, -0.05) is 17.7 Å². The fraction of sp³-hybridized carbons (Fsp3) is 0.182. The predicted molar refractivity (Wildman–Crippen MR) is 66.4 cm³/mol. The van der Waals surface area contributed by atoms with Gasteiger partial charge in [-0.2, -0.15) is 5.10 Å². The van der Waals surface area contributed by atoms with Crippen LogP contribution in [-0.4, -0.2) is 14.9 Å². The van der Waals surface area contributed by atoms with Crippen molar-refractivity contribution in [2.24, 2.45) is 7.05 Å². The minimum Gasteiger partial charge on any atom is -0.382 e. The lowest BCUT2D eigenvalue weighted by Crippen LogP contribution is -2.05. The van der Waals surface area contributed by atoms with Crippen LogP contribution >= 0.6 is 27.5 Å². The van der Waals surface area contributed by atoms with E-state index in [0.29, 0.717) is 10.2 Å². The van der Waals surface area contributed by atoms with Crippen LogP contribution in [0.15, 0.2) is 28.9 Å². The summed E-state index contributed by atoms with van der Waals surface area (Å²) in [6, 6.07) is 4.69. The number of benzene rings is 1. The van der Waals surface area contributed by atoms with Crippen molar-refractivity contribution in [3.05, 3.63) is 51.0 Å². The largest absolute Gasteiger partial charge is 0.382 e. The summed E-state index contributed by atoms with van der Waals surface area (Å²) in [6.07, 6.45) is 0.554. The first kappa shape index (κ1) is 12.5. The predicted octanol–water partition coefficient (Wildman–Crippen LogP) is 3.06. The van der Waals surface area contributed by atoms with Crippen molar-refractivity contribution >= 4 is 27.5 Å². The summed E-state index contributed by atoms with van der Waals surface area (Å²) in [4.78, 5) is 0. The number of nitrogens with zero attached hydrogens (tertiary/aromatic N) is 2. The second-order valence-corrected chi connectivity index (χ2v) is 4.81. The Balaban J connectivity index is 2.44. The quantitative estimate of drug-likeness (QED) is 0.864. The third-order valence-corrected chi connectivity index (χ3v) is 3.63. The van der Waals surface area contributed by atoms with Crippen LogP contribution in [0.1, 0.15) is 17.4 Å². The van der Waals surface area contributed by atoms with E-state index in [0.717, 1.165) is 0 Å². The van der Waals surface area contributed by atoms with Crippen LogP contribution in [0.25, 0.3) is 0 Å². The maximum atomic E-state index is 13.8. The molecule has 6 heteroatoms. The van der Waals surface area contributed by atoms with E-state index >= 15 is 0 Å². The molecule has 0 aliphatic heterocycles. The molecule has 1 atom stereocenters. The first-order valence-electron chi connectivity index (χ1n) is 4.81. The Morgan fingerprint density at radius 1 is 1.47 bits per heavy atom. The zero-order valence-electron chi connectivity index (χ0n) is 8.86. The number of aliphatic hydroxyl groups is 1. The topological polar surface area (TPSA) is 38.0 Å². The fourth-order valence-electron chi connectivity index (χ4n) is 1.49. The summed E-state index contributed by atoms with van der Waals surface area (Å²) in [7, 11) is 1.72. The molecule has 1 heterocycles. The second kappa shape index (κ2) is 4.76. The Bertz CT molecular complexity index is 558. The molecule has 0 amide bonds. The van der Waals surface area contributed by atoms with E-state index in [1.54, 1.807) is 25.4 Å². The standard InChI is InChI=1S/C11H9BrClFN2O/c1-16-5-4-8(15-16)11(17)6-2-3-7(12)9(13)10(6)14/h2-5,11,17H,1H3. The summed E-state index contributed by atoms with van der Waals surface area (Å²) >= 11 is 8.88. The molecule has 3 nitrogen and oxygen atoms in total. The molecule has 2 aromatic rings. The van der Waals surface area contributed by atoms with E-state index in [1.807, 2.05) is 0 Å². The number of hydrogen-bond acceptors (Lipinski definition) is 2. The van der Waals surface area contributed by atoms with Crippen LogP contribution in [0.5, 0.6) is 0 Å². The van der Waals surface area contributed by atoms with Crippen LogP contribution in [-0.2, 0) is 7.05 Å². The molecule has 0 aliphatic rings. The van der Waals surface area contributed by atoms with Crippen molar-refractivity contribution in [1.29, 1.82) is 0 Å². The van der Waals surface area contributed by atoms with E-state index < -0.39 is 11.9 Å². The monoisotopic (exact) mass is 318 g/mol. The van der Waals surface area contributed by atoms with Crippen LogP contribution in [0, 0.1) is 5.82 Å². The molecule has 1 aromatic heterocycles. The molecule has 0 aliphatic carbocycles. The third kappa shape index (κ3) is 2.36. The van der Waals surface area contributed by atoms with E-state index in [2.05, 4.69) is 21.0 Å². The van der Waals surface area contributed by atoms with Crippen LogP contribution in [0.2, 0.25) is 5.02 Å². The molecule has 2 rings (SSSR count). The number of aliphatic hydroxyl groups excluding tert-OH is 1. The summed E-state index contributed by atoms with van der Waals surface area (Å²) in [5.74, 6) is -0.640. The van der Waals surface area contributed by atoms with Gasteiger partial charge < -0.3 is 5.11 Å². The third-order valence-electron chi connectivity index (χ3n) is 2.37. The van der Waals surface area contributed by atoms with Gasteiger partial charge in [0.05, 0.1) is 10.7 Å². The van der Waals surface area contributed by atoms with Crippen LogP contribution in [0.3, 0.4) is 0 Å². The summed E-state index contributed by atoms with van der Waals surface area (Å²) in [6.45, 7) is 0. The lowest BCUT2D eigenvalue weighted by atomic mass is 10.1. The number of hydrogen-bond donors (Lipinski definition) is 1. The van der Waals surface area contributed by atoms with Crippen molar-refractivity contribution in [2.75, 3.05) is 0 Å². The molecule has 17 heavy (non-hydrogen) atoms. The zero-order valence-corrected chi connectivity index (χ0v) is 11.2. The molecule has 90 valence electrons. The Kier molecular flexibility index (Phi) is 3.51. The molecule has 0 fully saturated rings. The Morgan fingerprint density at radius 2 is 2.18 bits per heavy atom. The average Bonchev–Trinajstić information content (AvgIpc) is 2.72. The molecular formula is C11H9BrClFN2O. The van der Waals surface area contributed by atoms with Gasteiger partial charge in [-0.05, 0) is 28.1 Å². The number of aromatic nitrogens is 2. The average molecular weight is 320 g/mol. The Morgan fingerprint density at radius 3 is 2.76 bits per heavy atom. The highest BCUT2D eigenvalue weighted by Crippen LogP contribution is 2.32. The van der Waals surface area contributed by atoms with Gasteiger partial charge in [0.1, 0.15) is 11.9 Å². The highest BCUT2D eigenvalue weighted by Gasteiger charge is 2.20. The number of rotatable bonds is 2. The Hall–Kier alpha value is -0.910. The molecule has 0 saturated carbocycles. The molecule has 1 aromatic carbocycles. The van der Waals surface area contributed by atoms with Gasteiger partial charge in [0.25, 0.3) is 0 Å². The Labute approximate surface area is 111 Å².